The molecule has 2 unspecified atom stereocenters. The van der Waals surface area contributed by atoms with Crippen molar-refractivity contribution in [3.8, 4) is 17.2 Å². The molecular weight excluding hydrogens is 617 g/mol. The van der Waals surface area contributed by atoms with Gasteiger partial charge in [0.1, 0.15) is 22.1 Å². The molecule has 0 aromatic heterocycles. The van der Waals surface area contributed by atoms with Gasteiger partial charge in [0.05, 0.1) is 38.1 Å². The predicted octanol–water partition coefficient (Wildman–Crippen LogP) is 4.55. The number of likely N-dealkylation sites (N-methyl/N-ethyl adjacent to an activating group) is 1. The third-order valence-corrected chi connectivity index (χ3v) is 10.3. The molecular formula is C30H31Cl2N3O7S. The lowest BCUT2D eigenvalue weighted by Crippen LogP contribution is -2.59. The van der Waals surface area contributed by atoms with E-state index in [1.54, 1.807) is 43.3 Å². The predicted molar refractivity (Wildman–Crippen MR) is 163 cm³/mol. The van der Waals surface area contributed by atoms with E-state index in [4.69, 9.17) is 37.4 Å². The largest absolute Gasteiger partial charge is 0.497 e. The van der Waals surface area contributed by atoms with Gasteiger partial charge in [-0.1, -0.05) is 41.4 Å². The maximum atomic E-state index is 15.2. The minimum Gasteiger partial charge on any atom is -0.497 e. The number of nitrogens with zero attached hydrogens (tertiary/aromatic N) is 3. The number of sulfonamides is 1. The fourth-order valence-electron chi connectivity index (χ4n) is 6.02. The number of ether oxygens (including phenoxy) is 3. The van der Waals surface area contributed by atoms with Crippen molar-refractivity contribution >= 4 is 50.7 Å². The molecule has 3 aromatic rings. The Balaban J connectivity index is 1.88. The third kappa shape index (κ3) is 4.69. The second-order valence-electron chi connectivity index (χ2n) is 10.4. The van der Waals surface area contributed by atoms with Gasteiger partial charge in [0, 0.05) is 48.9 Å². The Morgan fingerprint density at radius 3 is 2.26 bits per heavy atom. The van der Waals surface area contributed by atoms with Gasteiger partial charge < -0.3 is 19.1 Å². The Morgan fingerprint density at radius 1 is 0.930 bits per heavy atom. The van der Waals surface area contributed by atoms with Crippen LogP contribution in [0.3, 0.4) is 0 Å². The zero-order valence-corrected chi connectivity index (χ0v) is 26.6. The molecule has 228 valence electrons. The van der Waals surface area contributed by atoms with Crippen LogP contribution in [-0.2, 0) is 25.2 Å². The monoisotopic (exact) mass is 647 g/mol. The highest BCUT2D eigenvalue weighted by Gasteiger charge is 2.63. The summed E-state index contributed by atoms with van der Waals surface area (Å²) in [5.74, 6) is -0.559. The molecule has 1 fully saturated rings. The molecule has 0 N–H and O–H groups in total. The molecule has 10 nitrogen and oxygen atoms in total. The van der Waals surface area contributed by atoms with Gasteiger partial charge in [-0.3, -0.25) is 14.5 Å². The highest BCUT2D eigenvalue weighted by atomic mass is 35.5. The standard InChI is InChI=1S/C30H31Cl2N3O7S/c1-33(2)28(36)23-11-8-14-34(23)30(19-9-6-7-10-21(19)31)20-16-22(32)25(41-4)17-24(20)35(29(30)37)43(38,39)27-13-12-18(40-3)15-26(27)42-5/h6-7,9-10,12-13,15-17,23H,8,11,14H2,1-5H3. The van der Waals surface area contributed by atoms with Crippen molar-refractivity contribution in [1.29, 1.82) is 0 Å². The Kier molecular flexibility index (Phi) is 8.30. The van der Waals surface area contributed by atoms with Crippen molar-refractivity contribution < 1.29 is 32.2 Å². The highest BCUT2D eigenvalue weighted by Crippen LogP contribution is 2.56. The first-order valence-electron chi connectivity index (χ1n) is 13.4. The molecule has 0 saturated carbocycles. The van der Waals surface area contributed by atoms with E-state index < -0.39 is 27.5 Å². The van der Waals surface area contributed by atoms with Crippen LogP contribution >= 0.6 is 23.2 Å². The first kappa shape index (κ1) is 30.9. The van der Waals surface area contributed by atoms with Gasteiger partial charge in [0.25, 0.3) is 15.9 Å². The summed E-state index contributed by atoms with van der Waals surface area (Å²) < 4.78 is 46.1. The van der Waals surface area contributed by atoms with Gasteiger partial charge in [0.2, 0.25) is 5.91 Å². The summed E-state index contributed by atoms with van der Waals surface area (Å²) in [4.78, 5) is 31.7. The summed E-state index contributed by atoms with van der Waals surface area (Å²) in [6, 6.07) is 13.1. The average Bonchev–Trinajstić information content (AvgIpc) is 3.57. The van der Waals surface area contributed by atoms with Crippen LogP contribution in [0.15, 0.2) is 59.5 Å². The Labute approximate surface area is 260 Å². The zero-order chi connectivity index (χ0) is 31.3. The normalized spacial score (nSPS) is 20.2. The highest BCUT2D eigenvalue weighted by molar-refractivity contribution is 7.93. The molecule has 0 bridgehead atoms. The first-order valence-corrected chi connectivity index (χ1v) is 15.6. The lowest BCUT2D eigenvalue weighted by atomic mass is 9.81. The number of anilines is 1. The maximum absolute atomic E-state index is 15.2. The molecule has 2 heterocycles. The molecule has 2 amide bonds. The van der Waals surface area contributed by atoms with E-state index in [2.05, 4.69) is 0 Å². The summed E-state index contributed by atoms with van der Waals surface area (Å²) in [6.07, 6.45) is 1.04. The molecule has 0 spiro atoms. The van der Waals surface area contributed by atoms with E-state index in [-0.39, 0.29) is 43.6 Å². The lowest BCUT2D eigenvalue weighted by Gasteiger charge is -2.42. The van der Waals surface area contributed by atoms with Gasteiger partial charge in [-0.05, 0) is 37.1 Å². The lowest BCUT2D eigenvalue weighted by molar-refractivity contribution is -0.138. The second kappa shape index (κ2) is 11.5. The van der Waals surface area contributed by atoms with Gasteiger partial charge in [-0.15, -0.1) is 0 Å². The van der Waals surface area contributed by atoms with Crippen LogP contribution in [0.4, 0.5) is 5.69 Å². The number of hydrogen-bond acceptors (Lipinski definition) is 8. The number of fused-ring (bicyclic) bond motifs is 1. The van der Waals surface area contributed by atoms with Gasteiger partial charge in [-0.2, -0.15) is 4.31 Å². The van der Waals surface area contributed by atoms with Crippen LogP contribution in [0.1, 0.15) is 24.0 Å². The summed E-state index contributed by atoms with van der Waals surface area (Å²) in [5.41, 5.74) is -1.23. The number of carbonyl (C=O) groups is 2. The van der Waals surface area contributed by atoms with Gasteiger partial charge in [0.15, 0.2) is 5.54 Å². The van der Waals surface area contributed by atoms with Crippen LogP contribution in [0, 0.1) is 0 Å². The topological polar surface area (TPSA) is 106 Å². The SMILES string of the molecule is COc1ccc(S(=O)(=O)N2C(=O)C(c3ccccc3Cl)(N3CCCC3C(=O)N(C)C)c3cc(Cl)c(OC)cc32)c(OC)c1. The molecule has 43 heavy (non-hydrogen) atoms. The average molecular weight is 649 g/mol. The molecule has 5 rings (SSSR count). The van der Waals surface area contributed by atoms with E-state index >= 15 is 4.79 Å². The molecule has 0 aliphatic carbocycles. The molecule has 2 aliphatic rings. The number of carbonyl (C=O) groups excluding carboxylic acids is 2. The summed E-state index contributed by atoms with van der Waals surface area (Å²) in [7, 11) is 2.80. The van der Waals surface area contributed by atoms with Crippen LogP contribution in [-0.4, -0.2) is 78.0 Å². The van der Waals surface area contributed by atoms with E-state index in [0.717, 1.165) is 4.31 Å². The number of hydrogen-bond donors (Lipinski definition) is 0. The van der Waals surface area contributed by atoms with Crippen LogP contribution < -0.4 is 18.5 Å². The number of amides is 2. The minimum absolute atomic E-state index is 0.0204. The van der Waals surface area contributed by atoms with E-state index in [1.165, 1.54) is 56.6 Å². The molecule has 13 heteroatoms. The molecule has 3 aromatic carbocycles. The van der Waals surface area contributed by atoms with Crippen molar-refractivity contribution in [3.63, 3.8) is 0 Å². The number of likely N-dealkylation sites (tertiary alicyclic amines) is 1. The molecule has 0 radical (unpaired) electrons. The van der Waals surface area contributed by atoms with Gasteiger partial charge in [-0.25, -0.2) is 8.42 Å². The van der Waals surface area contributed by atoms with Crippen molar-refractivity contribution in [3.05, 3.63) is 75.8 Å². The summed E-state index contributed by atoms with van der Waals surface area (Å²) in [5, 5.41) is 0.374. The number of halogens is 2. The van der Waals surface area contributed by atoms with E-state index in [1.807, 2.05) is 0 Å². The van der Waals surface area contributed by atoms with Crippen molar-refractivity contribution in [2.24, 2.45) is 0 Å². The summed E-state index contributed by atoms with van der Waals surface area (Å²) >= 11 is 13.5. The van der Waals surface area contributed by atoms with E-state index in [9.17, 15) is 13.2 Å². The van der Waals surface area contributed by atoms with Crippen molar-refractivity contribution in [2.75, 3.05) is 46.3 Å². The van der Waals surface area contributed by atoms with Crippen LogP contribution in [0.25, 0.3) is 0 Å². The fraction of sp³-hybridized carbons (Fsp3) is 0.333. The number of methoxy groups -OCH3 is 3. The van der Waals surface area contributed by atoms with Gasteiger partial charge >= 0.3 is 0 Å². The van der Waals surface area contributed by atoms with Crippen LogP contribution in [0.2, 0.25) is 10.0 Å². The minimum atomic E-state index is -4.64. The molecule has 1 saturated heterocycles. The zero-order valence-electron chi connectivity index (χ0n) is 24.3. The number of rotatable bonds is 8. The summed E-state index contributed by atoms with van der Waals surface area (Å²) in [6.45, 7) is 0.310. The quantitative estimate of drug-likeness (QED) is 0.351. The smallest absolute Gasteiger partial charge is 0.274 e. The van der Waals surface area contributed by atoms with Crippen molar-refractivity contribution in [2.45, 2.75) is 29.3 Å². The molecule has 2 aliphatic heterocycles. The second-order valence-corrected chi connectivity index (χ2v) is 12.9. The maximum Gasteiger partial charge on any atom is 0.274 e. The molecule has 2 atom stereocenters. The van der Waals surface area contributed by atoms with Crippen LogP contribution in [0.5, 0.6) is 17.2 Å². The Bertz CT molecular complexity index is 1720. The van der Waals surface area contributed by atoms with E-state index in [0.29, 0.717) is 30.7 Å². The fourth-order valence-corrected chi connectivity index (χ4v) is 8.13. The first-order chi connectivity index (χ1) is 20.4. The third-order valence-electron chi connectivity index (χ3n) is 7.93. The Morgan fingerprint density at radius 2 is 1.63 bits per heavy atom. The number of benzene rings is 3. The Hall–Kier alpha value is -3.51. The van der Waals surface area contributed by atoms with Crippen molar-refractivity contribution in [1.82, 2.24) is 9.80 Å².